The zero-order valence-corrected chi connectivity index (χ0v) is 13.6. The average Bonchev–Trinajstić information content (AvgIpc) is 2.89. The lowest BCUT2D eigenvalue weighted by atomic mass is 9.92. The summed E-state index contributed by atoms with van der Waals surface area (Å²) in [6, 6.07) is 10.4. The molecule has 0 radical (unpaired) electrons. The molecule has 1 atom stereocenters. The summed E-state index contributed by atoms with van der Waals surface area (Å²) in [4.78, 5) is 4.34. The Bertz CT molecular complexity index is 556. The van der Waals surface area contributed by atoms with Gasteiger partial charge in [-0.3, -0.25) is 0 Å². The molecule has 0 aliphatic carbocycles. The third kappa shape index (κ3) is 3.87. The Morgan fingerprint density at radius 1 is 1.33 bits per heavy atom. The number of aliphatic hydroxyl groups is 1. The van der Waals surface area contributed by atoms with Crippen LogP contribution in [-0.2, 0) is 12.6 Å². The normalized spacial score (nSPS) is 14.3. The van der Waals surface area contributed by atoms with E-state index in [1.165, 1.54) is 0 Å². The number of nitrogens with zero attached hydrogens (tertiary/aromatic N) is 2. The summed E-state index contributed by atoms with van der Waals surface area (Å²) in [5.74, 6) is 0.719. The molecule has 0 amide bonds. The van der Waals surface area contributed by atoms with Gasteiger partial charge in [-0.05, 0) is 19.4 Å². The van der Waals surface area contributed by atoms with Crippen molar-refractivity contribution in [1.82, 2.24) is 14.9 Å². The van der Waals surface area contributed by atoms with Crippen molar-refractivity contribution >= 4 is 11.8 Å². The van der Waals surface area contributed by atoms with Crippen molar-refractivity contribution in [1.29, 1.82) is 0 Å². The molecule has 4 nitrogen and oxygen atoms in total. The summed E-state index contributed by atoms with van der Waals surface area (Å²) < 4.78 is 1.99. The van der Waals surface area contributed by atoms with Crippen molar-refractivity contribution in [3.63, 3.8) is 0 Å². The van der Waals surface area contributed by atoms with Crippen LogP contribution in [-0.4, -0.2) is 33.1 Å². The fourth-order valence-electron chi connectivity index (χ4n) is 2.38. The second-order valence-corrected chi connectivity index (χ2v) is 6.46. The largest absolute Gasteiger partial charge is 0.394 e. The first-order chi connectivity index (χ1) is 10.1. The number of aryl methyl sites for hydroxylation is 1. The fraction of sp³-hybridized carbons (Fsp3) is 0.438. The highest BCUT2D eigenvalue weighted by molar-refractivity contribution is 7.99. The summed E-state index contributed by atoms with van der Waals surface area (Å²) >= 11 is 1.65. The first-order valence-electron chi connectivity index (χ1n) is 7.11. The first-order valence-corrected chi connectivity index (χ1v) is 8.10. The van der Waals surface area contributed by atoms with Gasteiger partial charge in [-0.2, -0.15) is 0 Å². The topological polar surface area (TPSA) is 50.1 Å². The average molecular weight is 305 g/mol. The summed E-state index contributed by atoms with van der Waals surface area (Å²) in [7, 11) is 1.98. The molecule has 0 fully saturated rings. The quantitative estimate of drug-likeness (QED) is 0.771. The Kier molecular flexibility index (Phi) is 5.45. The number of hydrogen-bond acceptors (Lipinski definition) is 4. The van der Waals surface area contributed by atoms with Crippen LogP contribution in [0.3, 0.4) is 0 Å². The summed E-state index contributed by atoms with van der Waals surface area (Å²) in [5, 5.41) is 14.6. The second kappa shape index (κ2) is 7.11. The Morgan fingerprint density at radius 3 is 2.57 bits per heavy atom. The minimum atomic E-state index is -0.466. The van der Waals surface area contributed by atoms with Gasteiger partial charge in [0.05, 0.1) is 12.1 Å². The highest BCUT2D eigenvalue weighted by Crippen LogP contribution is 2.29. The van der Waals surface area contributed by atoms with Gasteiger partial charge in [-0.25, -0.2) is 4.98 Å². The Morgan fingerprint density at radius 2 is 2.05 bits per heavy atom. The standard InChI is InChI=1S/C16H23N3OS/c1-13(2)18-16(11-20,14-7-5-4-6-8-14)12-21-15-17-9-10-19(15)3/h4-10,13,18,20H,11-12H2,1-3H3. The Balaban J connectivity index is 2.25. The maximum Gasteiger partial charge on any atom is 0.167 e. The molecule has 1 aromatic heterocycles. The third-order valence-electron chi connectivity index (χ3n) is 3.39. The number of imidazole rings is 1. The summed E-state index contributed by atoms with van der Waals surface area (Å²) in [6.45, 7) is 4.24. The van der Waals surface area contributed by atoms with Gasteiger partial charge in [0, 0.05) is 31.2 Å². The molecule has 1 heterocycles. The van der Waals surface area contributed by atoms with Crippen molar-refractivity contribution in [2.45, 2.75) is 30.6 Å². The van der Waals surface area contributed by atoms with E-state index < -0.39 is 5.54 Å². The van der Waals surface area contributed by atoms with Crippen LogP contribution in [0.1, 0.15) is 19.4 Å². The van der Waals surface area contributed by atoms with Gasteiger partial charge in [0.15, 0.2) is 5.16 Å². The smallest absolute Gasteiger partial charge is 0.167 e. The zero-order valence-electron chi connectivity index (χ0n) is 12.8. The van der Waals surface area contributed by atoms with Gasteiger partial charge in [-0.1, -0.05) is 42.1 Å². The molecule has 0 saturated carbocycles. The lowest BCUT2D eigenvalue weighted by Crippen LogP contribution is -2.51. The van der Waals surface area contributed by atoms with Crippen LogP contribution in [0.25, 0.3) is 0 Å². The van der Waals surface area contributed by atoms with Gasteiger partial charge < -0.3 is 15.0 Å². The number of rotatable bonds is 7. The number of aromatic nitrogens is 2. The molecular formula is C16H23N3OS. The number of benzene rings is 1. The lowest BCUT2D eigenvalue weighted by Gasteiger charge is -2.35. The first kappa shape index (κ1) is 16.1. The molecule has 2 aromatic rings. The van der Waals surface area contributed by atoms with E-state index in [-0.39, 0.29) is 12.6 Å². The molecule has 2 N–H and O–H groups in total. The van der Waals surface area contributed by atoms with Crippen LogP contribution >= 0.6 is 11.8 Å². The fourth-order valence-corrected chi connectivity index (χ4v) is 3.50. The van der Waals surface area contributed by atoms with Crippen LogP contribution in [0, 0.1) is 0 Å². The predicted molar refractivity (Wildman–Crippen MR) is 87.4 cm³/mol. The van der Waals surface area contributed by atoms with Crippen molar-refractivity contribution < 1.29 is 5.11 Å². The maximum absolute atomic E-state index is 10.1. The van der Waals surface area contributed by atoms with E-state index in [4.69, 9.17) is 0 Å². The van der Waals surface area contributed by atoms with Gasteiger partial charge in [0.1, 0.15) is 0 Å². The minimum Gasteiger partial charge on any atom is -0.394 e. The molecule has 0 aliphatic rings. The molecule has 114 valence electrons. The van der Waals surface area contributed by atoms with E-state index in [9.17, 15) is 5.11 Å². The maximum atomic E-state index is 10.1. The highest BCUT2D eigenvalue weighted by atomic mass is 32.2. The molecule has 5 heteroatoms. The van der Waals surface area contributed by atoms with Gasteiger partial charge in [0.2, 0.25) is 0 Å². The van der Waals surface area contributed by atoms with Crippen molar-refractivity contribution in [3.05, 3.63) is 48.3 Å². The van der Waals surface area contributed by atoms with Crippen molar-refractivity contribution in [3.8, 4) is 0 Å². The molecule has 1 aromatic carbocycles. The van der Waals surface area contributed by atoms with E-state index in [1.54, 1.807) is 18.0 Å². The molecule has 2 rings (SSSR count). The van der Waals surface area contributed by atoms with E-state index in [0.717, 1.165) is 16.5 Å². The van der Waals surface area contributed by atoms with E-state index in [0.29, 0.717) is 0 Å². The molecule has 0 saturated heterocycles. The van der Waals surface area contributed by atoms with Crippen molar-refractivity contribution in [2.75, 3.05) is 12.4 Å². The molecule has 21 heavy (non-hydrogen) atoms. The predicted octanol–water partition coefficient (Wildman–Crippen LogP) is 2.40. The molecule has 0 aliphatic heterocycles. The van der Waals surface area contributed by atoms with Crippen molar-refractivity contribution in [2.24, 2.45) is 7.05 Å². The number of thioether (sulfide) groups is 1. The van der Waals surface area contributed by atoms with E-state index in [1.807, 2.05) is 36.0 Å². The van der Waals surface area contributed by atoms with Gasteiger partial charge in [-0.15, -0.1) is 0 Å². The third-order valence-corrected chi connectivity index (χ3v) is 4.67. The monoisotopic (exact) mass is 305 g/mol. The number of aliphatic hydroxyl groups excluding tert-OH is 1. The SMILES string of the molecule is CC(C)NC(CO)(CSc1nccn1C)c1ccccc1. The van der Waals surface area contributed by atoms with Crippen LogP contribution in [0.15, 0.2) is 47.9 Å². The number of nitrogens with one attached hydrogen (secondary N) is 1. The van der Waals surface area contributed by atoms with Crippen LogP contribution in [0.2, 0.25) is 0 Å². The minimum absolute atomic E-state index is 0.0482. The molecular weight excluding hydrogens is 282 g/mol. The van der Waals surface area contributed by atoms with Gasteiger partial charge in [0.25, 0.3) is 0 Å². The summed E-state index contributed by atoms with van der Waals surface area (Å²) in [5.41, 5.74) is 0.634. The lowest BCUT2D eigenvalue weighted by molar-refractivity contribution is 0.169. The van der Waals surface area contributed by atoms with Crippen LogP contribution in [0.5, 0.6) is 0 Å². The Hall–Kier alpha value is -1.30. The van der Waals surface area contributed by atoms with Crippen LogP contribution in [0.4, 0.5) is 0 Å². The zero-order chi connectivity index (χ0) is 15.3. The molecule has 1 unspecified atom stereocenters. The molecule has 0 bridgehead atoms. The van der Waals surface area contributed by atoms with E-state index >= 15 is 0 Å². The molecule has 0 spiro atoms. The summed E-state index contributed by atoms with van der Waals surface area (Å²) in [6.07, 6.45) is 3.72. The Labute approximate surface area is 130 Å². The van der Waals surface area contributed by atoms with E-state index in [2.05, 4.69) is 36.3 Å². The number of hydrogen-bond donors (Lipinski definition) is 2. The van der Waals surface area contributed by atoms with Gasteiger partial charge >= 0.3 is 0 Å². The second-order valence-electron chi connectivity index (χ2n) is 5.51. The van der Waals surface area contributed by atoms with Crippen LogP contribution < -0.4 is 5.32 Å². The highest BCUT2D eigenvalue weighted by Gasteiger charge is 2.32.